The van der Waals surface area contributed by atoms with E-state index >= 15 is 0 Å². The van der Waals surface area contributed by atoms with Gasteiger partial charge in [-0.1, -0.05) is 24.3 Å². The van der Waals surface area contributed by atoms with Crippen LogP contribution in [0.1, 0.15) is 65.4 Å². The zero-order valence-electron chi connectivity index (χ0n) is 22.8. The van der Waals surface area contributed by atoms with Crippen molar-refractivity contribution in [3.63, 3.8) is 0 Å². The van der Waals surface area contributed by atoms with E-state index in [2.05, 4.69) is 53.4 Å². The molecule has 4 aromatic rings. The largest absolute Gasteiger partial charge is 0.356 e. The number of benzene rings is 2. The van der Waals surface area contributed by atoms with E-state index in [0.29, 0.717) is 12.1 Å². The summed E-state index contributed by atoms with van der Waals surface area (Å²) in [5, 5.41) is 12.4. The van der Waals surface area contributed by atoms with Gasteiger partial charge in [0, 0.05) is 29.9 Å². The Balaban J connectivity index is 1.50. The van der Waals surface area contributed by atoms with Crippen LogP contribution in [0.2, 0.25) is 0 Å². The molecule has 0 aliphatic carbocycles. The molecular weight excluding hydrogens is 486 g/mol. The van der Waals surface area contributed by atoms with Crippen LogP contribution < -0.4 is 10.6 Å². The van der Waals surface area contributed by atoms with Gasteiger partial charge in [0.05, 0.1) is 28.2 Å². The molecule has 5 rings (SSSR count). The van der Waals surface area contributed by atoms with Gasteiger partial charge in [-0.25, -0.2) is 4.68 Å². The Hall–Kier alpha value is -4.23. The van der Waals surface area contributed by atoms with Crippen molar-refractivity contribution in [3.8, 4) is 0 Å². The fourth-order valence-electron chi connectivity index (χ4n) is 4.89. The highest BCUT2D eigenvalue weighted by Gasteiger charge is 2.21. The minimum absolute atomic E-state index is 0.113. The average molecular weight is 522 g/mol. The van der Waals surface area contributed by atoms with Crippen molar-refractivity contribution in [2.24, 2.45) is 0 Å². The van der Waals surface area contributed by atoms with Crippen LogP contribution in [0.4, 0.5) is 11.4 Å². The normalized spacial score (nSPS) is 15.5. The Morgan fingerprint density at radius 2 is 1.97 bits per heavy atom. The predicted molar refractivity (Wildman–Crippen MR) is 158 cm³/mol. The van der Waals surface area contributed by atoms with Crippen molar-refractivity contribution in [2.75, 3.05) is 18.5 Å². The SMILES string of the molecule is C=C(C)CNC(=O)c1ccccc1Nc1ccc2c(/C=C/c3cc(C)cc(C)n3)nn(C3CCCCO3)c2c1. The third kappa shape index (κ3) is 6.26. The lowest BCUT2D eigenvalue weighted by Gasteiger charge is -2.23. The molecule has 7 heteroatoms. The van der Waals surface area contributed by atoms with Crippen LogP contribution in [0, 0.1) is 13.8 Å². The first kappa shape index (κ1) is 26.4. The summed E-state index contributed by atoms with van der Waals surface area (Å²) in [5.74, 6) is -0.143. The van der Waals surface area contributed by atoms with Crippen LogP contribution in [-0.2, 0) is 4.74 Å². The maximum Gasteiger partial charge on any atom is 0.253 e. The summed E-state index contributed by atoms with van der Waals surface area (Å²) in [5.41, 5.74) is 7.99. The number of amides is 1. The molecule has 1 saturated heterocycles. The number of ether oxygens (including phenoxy) is 1. The molecule has 1 unspecified atom stereocenters. The van der Waals surface area contributed by atoms with Gasteiger partial charge in [0.2, 0.25) is 0 Å². The van der Waals surface area contributed by atoms with Gasteiger partial charge in [0.15, 0.2) is 6.23 Å². The molecular formula is C32H35N5O2. The minimum atomic E-state index is -0.143. The number of aryl methyl sites for hydroxylation is 2. The van der Waals surface area contributed by atoms with Gasteiger partial charge in [0.25, 0.3) is 5.91 Å². The number of hydrogen-bond donors (Lipinski definition) is 2. The number of anilines is 2. The Kier molecular flexibility index (Phi) is 7.89. The molecule has 3 heterocycles. The van der Waals surface area contributed by atoms with Gasteiger partial charge >= 0.3 is 0 Å². The first-order valence-corrected chi connectivity index (χ1v) is 13.4. The van der Waals surface area contributed by atoms with Gasteiger partial charge in [-0.3, -0.25) is 9.78 Å². The van der Waals surface area contributed by atoms with Crippen LogP contribution in [0.25, 0.3) is 23.1 Å². The summed E-state index contributed by atoms with van der Waals surface area (Å²) in [6, 6.07) is 17.8. The second kappa shape index (κ2) is 11.7. The lowest BCUT2D eigenvalue weighted by atomic mass is 10.1. The maximum absolute atomic E-state index is 12.8. The molecule has 0 spiro atoms. The molecule has 7 nitrogen and oxygen atoms in total. The second-order valence-electron chi connectivity index (χ2n) is 10.2. The van der Waals surface area contributed by atoms with Crippen molar-refractivity contribution in [1.82, 2.24) is 20.1 Å². The van der Waals surface area contributed by atoms with Gasteiger partial charge in [-0.15, -0.1) is 0 Å². The number of rotatable bonds is 8. The van der Waals surface area contributed by atoms with Gasteiger partial charge < -0.3 is 15.4 Å². The van der Waals surface area contributed by atoms with Gasteiger partial charge in [-0.05, 0) is 100 Å². The third-order valence-corrected chi connectivity index (χ3v) is 6.70. The van der Waals surface area contributed by atoms with E-state index in [1.165, 1.54) is 5.56 Å². The van der Waals surface area contributed by atoms with E-state index in [0.717, 1.165) is 70.8 Å². The number of nitrogens with one attached hydrogen (secondary N) is 2. The first-order valence-electron chi connectivity index (χ1n) is 13.4. The maximum atomic E-state index is 12.8. The summed E-state index contributed by atoms with van der Waals surface area (Å²) >= 11 is 0. The van der Waals surface area contributed by atoms with E-state index < -0.39 is 0 Å². The van der Waals surface area contributed by atoms with Gasteiger partial charge in [0.1, 0.15) is 0 Å². The third-order valence-electron chi connectivity index (χ3n) is 6.70. The lowest BCUT2D eigenvalue weighted by Crippen LogP contribution is -2.25. The highest BCUT2D eigenvalue weighted by molar-refractivity contribution is 6.01. The number of aromatic nitrogens is 3. The molecule has 0 bridgehead atoms. The van der Waals surface area contributed by atoms with Crippen molar-refractivity contribution < 1.29 is 9.53 Å². The molecule has 0 saturated carbocycles. The highest BCUT2D eigenvalue weighted by Crippen LogP contribution is 2.32. The van der Waals surface area contributed by atoms with E-state index in [9.17, 15) is 4.79 Å². The fourth-order valence-corrected chi connectivity index (χ4v) is 4.89. The molecule has 1 atom stereocenters. The molecule has 2 aromatic carbocycles. The Labute approximate surface area is 229 Å². The summed E-state index contributed by atoms with van der Waals surface area (Å²) in [7, 11) is 0. The number of nitrogens with zero attached hydrogens (tertiary/aromatic N) is 3. The smallest absolute Gasteiger partial charge is 0.253 e. The van der Waals surface area contributed by atoms with Crippen molar-refractivity contribution in [1.29, 1.82) is 0 Å². The van der Waals surface area contributed by atoms with Crippen molar-refractivity contribution in [2.45, 2.75) is 46.3 Å². The lowest BCUT2D eigenvalue weighted by molar-refractivity contribution is -0.0367. The van der Waals surface area contributed by atoms with E-state index in [1.807, 2.05) is 61.0 Å². The van der Waals surface area contributed by atoms with Gasteiger partial charge in [-0.2, -0.15) is 5.10 Å². The second-order valence-corrected chi connectivity index (χ2v) is 10.2. The van der Waals surface area contributed by atoms with Crippen LogP contribution in [0.3, 0.4) is 0 Å². The van der Waals surface area contributed by atoms with Crippen LogP contribution in [0.15, 0.2) is 66.7 Å². The molecule has 1 aliphatic rings. The molecule has 2 aromatic heterocycles. The molecule has 1 amide bonds. The Morgan fingerprint density at radius 1 is 1.13 bits per heavy atom. The zero-order chi connectivity index (χ0) is 27.4. The Morgan fingerprint density at radius 3 is 2.74 bits per heavy atom. The highest BCUT2D eigenvalue weighted by atomic mass is 16.5. The van der Waals surface area contributed by atoms with Crippen LogP contribution in [0.5, 0.6) is 0 Å². The topological polar surface area (TPSA) is 81.1 Å². The number of para-hydroxylation sites is 1. The average Bonchev–Trinajstić information content (AvgIpc) is 3.28. The quantitative estimate of drug-likeness (QED) is 0.245. The van der Waals surface area contributed by atoms with Crippen LogP contribution in [-0.4, -0.2) is 33.8 Å². The van der Waals surface area contributed by atoms with E-state index in [-0.39, 0.29) is 12.1 Å². The van der Waals surface area contributed by atoms with Crippen LogP contribution >= 0.6 is 0 Å². The summed E-state index contributed by atoms with van der Waals surface area (Å²) < 4.78 is 8.12. The number of carbonyl (C=O) groups excluding carboxylic acids is 1. The number of carbonyl (C=O) groups is 1. The molecule has 39 heavy (non-hydrogen) atoms. The number of pyridine rings is 1. The van der Waals surface area contributed by atoms with E-state index in [4.69, 9.17) is 9.84 Å². The standard InChI is InChI=1S/C32H35N5O2/c1-21(2)20-33-32(38)27-9-5-6-10-28(27)35-25-12-14-26-29(15-13-24-18-22(3)17-23(4)34-24)36-37(30(26)19-25)31-11-7-8-16-39-31/h5-6,9-10,12-15,17-19,31,35H,1,7-8,11,16,20H2,2-4H3,(H,33,38)/b15-13+. The van der Waals surface area contributed by atoms with Crippen molar-refractivity contribution in [3.05, 3.63) is 95.0 Å². The van der Waals surface area contributed by atoms with E-state index in [1.54, 1.807) is 0 Å². The summed E-state index contributed by atoms with van der Waals surface area (Å²) in [6.07, 6.45) is 7.02. The number of fused-ring (bicyclic) bond motifs is 1. The molecule has 0 radical (unpaired) electrons. The summed E-state index contributed by atoms with van der Waals surface area (Å²) in [4.78, 5) is 17.5. The Bertz CT molecular complexity index is 1530. The van der Waals surface area contributed by atoms with Crippen molar-refractivity contribution >= 4 is 40.3 Å². The summed E-state index contributed by atoms with van der Waals surface area (Å²) in [6.45, 7) is 11.0. The minimum Gasteiger partial charge on any atom is -0.356 e. The monoisotopic (exact) mass is 521 g/mol. The molecule has 1 aliphatic heterocycles. The fraction of sp³-hybridized carbons (Fsp3) is 0.281. The number of hydrogen-bond acceptors (Lipinski definition) is 5. The predicted octanol–water partition coefficient (Wildman–Crippen LogP) is 6.97. The molecule has 2 N–H and O–H groups in total. The first-order chi connectivity index (χ1) is 18.9. The molecule has 1 fully saturated rings. The molecule has 200 valence electrons. The zero-order valence-corrected chi connectivity index (χ0v) is 22.8.